The molecule has 21 heavy (non-hydrogen) atoms. The molecule has 0 atom stereocenters. The smallest absolute Gasteiger partial charge is 0.165 e. The molecule has 0 aromatic heterocycles. The van der Waals surface area contributed by atoms with Gasteiger partial charge in [0.1, 0.15) is 17.3 Å². The Bertz CT molecular complexity index is 673. The number of nitrogens with two attached hydrogens (primary N) is 1. The molecule has 2 aromatic carbocycles. The van der Waals surface area contributed by atoms with Crippen LogP contribution in [0, 0.1) is 12.7 Å². The summed E-state index contributed by atoms with van der Waals surface area (Å²) in [5.74, 6) is 0.424. The van der Waals surface area contributed by atoms with E-state index in [1.165, 1.54) is 6.07 Å². The molecular weight excluding hydrogens is 289 g/mol. The van der Waals surface area contributed by atoms with Crippen LogP contribution in [0.25, 0.3) is 0 Å². The Hall–Kier alpha value is -2.14. The van der Waals surface area contributed by atoms with Gasteiger partial charge in [0, 0.05) is 0 Å². The highest BCUT2D eigenvalue weighted by Gasteiger charge is 2.08. The van der Waals surface area contributed by atoms with Crippen LogP contribution in [0.3, 0.4) is 0 Å². The monoisotopic (exact) mass is 305 g/mol. The maximum absolute atomic E-state index is 13.6. The molecule has 0 heterocycles. The average molecular weight is 305 g/mol. The van der Waals surface area contributed by atoms with Crippen molar-refractivity contribution < 1.29 is 13.9 Å². The van der Waals surface area contributed by atoms with Gasteiger partial charge < -0.3 is 15.2 Å². The van der Waals surface area contributed by atoms with E-state index in [0.29, 0.717) is 11.3 Å². The number of hydrogen-bond donors (Lipinski definition) is 1. The summed E-state index contributed by atoms with van der Waals surface area (Å²) in [5.41, 5.74) is 8.06. The van der Waals surface area contributed by atoms with Crippen LogP contribution in [0.5, 0.6) is 11.5 Å². The van der Waals surface area contributed by atoms with E-state index in [-0.39, 0.29) is 23.2 Å². The zero-order chi connectivity index (χ0) is 15.4. The van der Waals surface area contributed by atoms with E-state index >= 15 is 0 Å². The van der Waals surface area contributed by atoms with Crippen molar-refractivity contribution in [3.8, 4) is 11.5 Å². The van der Waals surface area contributed by atoms with Crippen molar-refractivity contribution in [2.45, 2.75) is 13.5 Å². The van der Waals surface area contributed by atoms with Gasteiger partial charge in [-0.3, -0.25) is 0 Å². The van der Waals surface area contributed by atoms with Crippen LogP contribution in [-0.4, -0.2) is 12.1 Å². The Morgan fingerprint density at radius 1 is 1.19 bits per heavy atom. The van der Waals surface area contributed by atoms with Crippen LogP contribution in [-0.2, 0) is 6.61 Å². The molecule has 0 bridgehead atoms. The third kappa shape index (κ3) is 3.70. The fraction of sp³-hybridized carbons (Fsp3) is 0.188. The van der Waals surface area contributed by atoms with Crippen molar-refractivity contribution in [2.75, 3.05) is 7.11 Å². The second kappa shape index (κ2) is 6.54. The zero-order valence-electron chi connectivity index (χ0n) is 11.9. The summed E-state index contributed by atoms with van der Waals surface area (Å²) in [6, 6.07) is 10.1. The fourth-order valence-electron chi connectivity index (χ4n) is 1.91. The first kappa shape index (κ1) is 15.3. The minimum atomic E-state index is -0.382. The summed E-state index contributed by atoms with van der Waals surface area (Å²) < 4.78 is 24.4. The van der Waals surface area contributed by atoms with Crippen molar-refractivity contribution in [2.24, 2.45) is 5.73 Å². The van der Waals surface area contributed by atoms with E-state index in [0.717, 1.165) is 11.1 Å². The van der Waals surface area contributed by atoms with Gasteiger partial charge in [0.05, 0.1) is 12.7 Å². The highest BCUT2D eigenvalue weighted by molar-refractivity contribution is 7.80. The van der Waals surface area contributed by atoms with Gasteiger partial charge in [-0.1, -0.05) is 24.4 Å². The lowest BCUT2D eigenvalue weighted by Gasteiger charge is -2.11. The zero-order valence-corrected chi connectivity index (χ0v) is 12.7. The fourth-order valence-corrected chi connectivity index (χ4v) is 2.08. The minimum absolute atomic E-state index is 0.229. The third-order valence-corrected chi connectivity index (χ3v) is 3.23. The van der Waals surface area contributed by atoms with Gasteiger partial charge in [0.2, 0.25) is 0 Å². The molecule has 110 valence electrons. The Morgan fingerprint density at radius 2 is 1.95 bits per heavy atom. The summed E-state index contributed by atoms with van der Waals surface area (Å²) in [5, 5.41) is 0. The number of methoxy groups -OCH3 is 1. The molecule has 0 saturated heterocycles. The first-order valence-corrected chi connectivity index (χ1v) is 6.77. The lowest BCUT2D eigenvalue weighted by Crippen LogP contribution is -2.11. The molecule has 0 aliphatic rings. The van der Waals surface area contributed by atoms with Crippen LogP contribution in [0.1, 0.15) is 16.7 Å². The molecule has 3 nitrogen and oxygen atoms in total. The van der Waals surface area contributed by atoms with E-state index < -0.39 is 0 Å². The Labute approximate surface area is 128 Å². The Balaban J connectivity index is 2.17. The molecular formula is C16H16FNO2S. The standard InChI is InChI=1S/C16H16FNO2S/c1-10-3-6-13(17)15(7-10)20-9-11-4-5-12(16(18)21)14(8-11)19-2/h3-8H,9H2,1-2H3,(H2,18,21). The lowest BCUT2D eigenvalue weighted by molar-refractivity contribution is 0.289. The molecule has 2 N–H and O–H groups in total. The molecule has 0 aliphatic heterocycles. The predicted molar refractivity (Wildman–Crippen MR) is 84.4 cm³/mol. The molecule has 2 rings (SSSR count). The van der Waals surface area contributed by atoms with Crippen LogP contribution < -0.4 is 15.2 Å². The first-order valence-electron chi connectivity index (χ1n) is 6.37. The van der Waals surface area contributed by atoms with Crippen molar-refractivity contribution in [1.29, 1.82) is 0 Å². The van der Waals surface area contributed by atoms with Gasteiger partial charge in [-0.05, 0) is 42.3 Å². The molecule has 0 unspecified atom stereocenters. The van der Waals surface area contributed by atoms with Gasteiger partial charge in [0.25, 0.3) is 0 Å². The van der Waals surface area contributed by atoms with Crippen molar-refractivity contribution in [3.63, 3.8) is 0 Å². The first-order chi connectivity index (χ1) is 10.0. The van der Waals surface area contributed by atoms with Gasteiger partial charge in [-0.25, -0.2) is 4.39 Å². The molecule has 0 aliphatic carbocycles. The number of halogens is 1. The minimum Gasteiger partial charge on any atom is -0.496 e. The normalized spacial score (nSPS) is 10.2. The molecule has 0 fully saturated rings. The molecule has 0 spiro atoms. The summed E-state index contributed by atoms with van der Waals surface area (Å²) in [6.07, 6.45) is 0. The topological polar surface area (TPSA) is 44.5 Å². The maximum Gasteiger partial charge on any atom is 0.165 e. The van der Waals surface area contributed by atoms with Crippen molar-refractivity contribution in [3.05, 3.63) is 58.9 Å². The number of rotatable bonds is 5. The van der Waals surface area contributed by atoms with E-state index in [1.54, 1.807) is 31.4 Å². The van der Waals surface area contributed by atoms with E-state index in [9.17, 15) is 4.39 Å². The van der Waals surface area contributed by atoms with Crippen LogP contribution >= 0.6 is 12.2 Å². The average Bonchev–Trinajstić information content (AvgIpc) is 2.47. The summed E-state index contributed by atoms with van der Waals surface area (Å²) in [6.45, 7) is 2.11. The van der Waals surface area contributed by atoms with Gasteiger partial charge in [0.15, 0.2) is 11.6 Å². The highest BCUT2D eigenvalue weighted by Crippen LogP contribution is 2.23. The van der Waals surface area contributed by atoms with Gasteiger partial charge in [-0.15, -0.1) is 0 Å². The second-order valence-electron chi connectivity index (χ2n) is 4.62. The molecule has 2 aromatic rings. The number of benzene rings is 2. The summed E-state index contributed by atoms with van der Waals surface area (Å²) in [7, 11) is 1.54. The van der Waals surface area contributed by atoms with Gasteiger partial charge >= 0.3 is 0 Å². The Kier molecular flexibility index (Phi) is 4.75. The summed E-state index contributed by atoms with van der Waals surface area (Å²) >= 11 is 4.95. The van der Waals surface area contributed by atoms with E-state index in [1.807, 2.05) is 13.0 Å². The number of hydrogen-bond acceptors (Lipinski definition) is 3. The highest BCUT2D eigenvalue weighted by atomic mass is 32.1. The Morgan fingerprint density at radius 3 is 2.62 bits per heavy atom. The van der Waals surface area contributed by atoms with Gasteiger partial charge in [-0.2, -0.15) is 0 Å². The lowest BCUT2D eigenvalue weighted by atomic mass is 10.1. The SMILES string of the molecule is COc1cc(COc2cc(C)ccc2F)ccc1C(N)=S. The molecule has 0 amide bonds. The third-order valence-electron chi connectivity index (χ3n) is 3.01. The van der Waals surface area contributed by atoms with Crippen molar-refractivity contribution >= 4 is 17.2 Å². The van der Waals surface area contributed by atoms with E-state index in [2.05, 4.69) is 0 Å². The van der Waals surface area contributed by atoms with Crippen LogP contribution in [0.2, 0.25) is 0 Å². The maximum atomic E-state index is 13.6. The van der Waals surface area contributed by atoms with E-state index in [4.69, 9.17) is 27.4 Å². The van der Waals surface area contributed by atoms with Crippen LogP contribution in [0.15, 0.2) is 36.4 Å². The quantitative estimate of drug-likeness (QED) is 0.860. The number of thiocarbonyl (C=S) groups is 1. The number of ether oxygens (including phenoxy) is 2. The predicted octanol–water partition coefficient (Wildman–Crippen LogP) is 3.36. The second-order valence-corrected chi connectivity index (χ2v) is 5.06. The number of aryl methyl sites for hydroxylation is 1. The largest absolute Gasteiger partial charge is 0.496 e. The van der Waals surface area contributed by atoms with Crippen LogP contribution in [0.4, 0.5) is 4.39 Å². The molecule has 0 radical (unpaired) electrons. The van der Waals surface area contributed by atoms with Crippen molar-refractivity contribution in [1.82, 2.24) is 0 Å². The molecule has 0 saturated carbocycles. The molecule has 5 heteroatoms. The summed E-state index contributed by atoms with van der Waals surface area (Å²) in [4.78, 5) is 0.268.